The summed E-state index contributed by atoms with van der Waals surface area (Å²) in [6, 6.07) is 11.4. The van der Waals surface area contributed by atoms with Gasteiger partial charge in [-0.2, -0.15) is 14.5 Å². The van der Waals surface area contributed by atoms with Gasteiger partial charge in [0.15, 0.2) is 0 Å². The van der Waals surface area contributed by atoms with Crippen LogP contribution in [-0.2, 0) is 17.6 Å². The fourth-order valence-electron chi connectivity index (χ4n) is 4.17. The maximum absolute atomic E-state index is 13.3. The van der Waals surface area contributed by atoms with Crippen molar-refractivity contribution in [3.63, 3.8) is 0 Å². The van der Waals surface area contributed by atoms with Crippen LogP contribution in [0.5, 0.6) is 5.75 Å². The standard InChI is InChI=1S/C28H34N4O4/c1-4-7-12-19-17-21(18-20(24(19)33)13-8-5-2)26(34)30-23-25(29)32(22-14-10-9-11-15-22)28(36)31(16-6-3)27(23)35/h9-11,14-15,17-18,29H,4-8,12-13,16H2,1-3H3,(H,33,34)/p+1. The van der Waals surface area contributed by atoms with Crippen LogP contribution in [0.15, 0.2) is 47.5 Å². The topological polar surface area (TPSA) is 116 Å². The summed E-state index contributed by atoms with van der Waals surface area (Å²) in [7, 11) is 0. The number of nitrogens with two attached hydrogens (primary N) is 1. The quantitative estimate of drug-likeness (QED) is 0.466. The van der Waals surface area contributed by atoms with Gasteiger partial charge in [-0.25, -0.2) is 9.59 Å². The summed E-state index contributed by atoms with van der Waals surface area (Å²) in [5.74, 6) is -1.31. The number of nitrogens with zero attached hydrogens (tertiary/aromatic N) is 3. The maximum Gasteiger partial charge on any atom is 0.451 e. The number of aliphatic imine (C=N–C) groups is 1. The van der Waals surface area contributed by atoms with Gasteiger partial charge in [0.25, 0.3) is 11.7 Å². The average Bonchev–Trinajstić information content (AvgIpc) is 2.88. The van der Waals surface area contributed by atoms with Gasteiger partial charge in [-0.15, -0.1) is 0 Å². The molecule has 1 aliphatic heterocycles. The highest BCUT2D eigenvalue weighted by atomic mass is 16.3. The Morgan fingerprint density at radius 3 is 2.08 bits per heavy atom. The van der Waals surface area contributed by atoms with Crippen LogP contribution in [0.25, 0.3) is 0 Å². The lowest BCUT2D eigenvalue weighted by Gasteiger charge is -2.23. The number of aromatic hydroxyl groups is 1. The zero-order valence-corrected chi connectivity index (χ0v) is 21.3. The monoisotopic (exact) mass is 491 g/mol. The Labute approximate surface area is 212 Å². The molecule has 1 heterocycles. The molecule has 2 aromatic rings. The molecule has 3 N–H and O–H groups in total. The van der Waals surface area contributed by atoms with Crippen molar-refractivity contribution < 1.29 is 24.1 Å². The highest BCUT2D eigenvalue weighted by Crippen LogP contribution is 2.28. The van der Waals surface area contributed by atoms with Crippen molar-refractivity contribution in [1.29, 1.82) is 0 Å². The van der Waals surface area contributed by atoms with Gasteiger partial charge in [-0.1, -0.05) is 51.8 Å². The zero-order valence-electron chi connectivity index (χ0n) is 21.3. The Morgan fingerprint density at radius 2 is 1.56 bits per heavy atom. The van der Waals surface area contributed by atoms with Crippen molar-refractivity contribution in [2.24, 2.45) is 10.7 Å². The molecule has 0 radical (unpaired) electrons. The van der Waals surface area contributed by atoms with E-state index in [-0.39, 0.29) is 29.4 Å². The minimum absolute atomic E-state index is 0.170. The second-order valence-corrected chi connectivity index (χ2v) is 8.91. The first-order valence-corrected chi connectivity index (χ1v) is 12.6. The van der Waals surface area contributed by atoms with Crippen LogP contribution in [0.4, 0.5) is 10.5 Å². The number of phenolic OH excluding ortho intramolecular Hbond substituents is 1. The van der Waals surface area contributed by atoms with Crippen LogP contribution in [0.1, 0.15) is 74.4 Å². The highest BCUT2D eigenvalue weighted by molar-refractivity contribution is 6.68. The van der Waals surface area contributed by atoms with Crippen LogP contribution in [0.2, 0.25) is 0 Å². The number of carbonyl (C=O) groups is 3. The molecule has 0 spiro atoms. The van der Waals surface area contributed by atoms with Gasteiger partial charge in [0.05, 0.1) is 6.54 Å². The van der Waals surface area contributed by atoms with Crippen LogP contribution in [0, 0.1) is 0 Å². The van der Waals surface area contributed by atoms with E-state index in [1.165, 1.54) is 4.58 Å². The van der Waals surface area contributed by atoms with Crippen LogP contribution >= 0.6 is 0 Å². The molecule has 0 unspecified atom stereocenters. The number of amidine groups is 1. The van der Waals surface area contributed by atoms with Gasteiger partial charge in [0.1, 0.15) is 11.4 Å². The largest absolute Gasteiger partial charge is 0.507 e. The molecule has 0 fully saturated rings. The third kappa shape index (κ3) is 5.70. The number of urea groups is 1. The molecule has 36 heavy (non-hydrogen) atoms. The number of phenols is 1. The van der Waals surface area contributed by atoms with Crippen molar-refractivity contribution >= 4 is 35.1 Å². The van der Waals surface area contributed by atoms with Crippen molar-refractivity contribution in [2.75, 3.05) is 6.54 Å². The normalized spacial score (nSPS) is 15.2. The summed E-state index contributed by atoms with van der Waals surface area (Å²) in [5.41, 5.74) is 8.15. The first-order valence-electron chi connectivity index (χ1n) is 12.6. The Balaban J connectivity index is 2.12. The Kier molecular flexibility index (Phi) is 9.11. The number of unbranched alkanes of at least 4 members (excludes halogenated alkanes) is 2. The number of carbonyl (C=O) groups excluding carboxylic acids is 3. The Bertz CT molecular complexity index is 1170. The van der Waals surface area contributed by atoms with E-state index in [1.54, 1.807) is 42.5 Å². The number of amides is 4. The summed E-state index contributed by atoms with van der Waals surface area (Å²) in [6.07, 6.45) is 5.43. The molecule has 0 aromatic heterocycles. The van der Waals surface area contributed by atoms with Crippen molar-refractivity contribution in [3.05, 3.63) is 59.2 Å². The molecule has 1 aliphatic rings. The summed E-state index contributed by atoms with van der Waals surface area (Å²) < 4.78 is 1.21. The number of hydrogen-bond donors (Lipinski definition) is 2. The lowest BCUT2D eigenvalue weighted by atomic mass is 9.96. The van der Waals surface area contributed by atoms with Gasteiger partial charge in [0, 0.05) is 5.56 Å². The third-order valence-corrected chi connectivity index (χ3v) is 6.14. The van der Waals surface area contributed by atoms with E-state index >= 15 is 0 Å². The average molecular weight is 492 g/mol. The molecule has 190 valence electrons. The predicted molar refractivity (Wildman–Crippen MR) is 140 cm³/mol. The third-order valence-electron chi connectivity index (χ3n) is 6.14. The van der Waals surface area contributed by atoms with Gasteiger partial charge < -0.3 is 10.8 Å². The van der Waals surface area contributed by atoms with Crippen molar-refractivity contribution in [2.45, 2.75) is 65.7 Å². The molecule has 0 aliphatic carbocycles. The molecule has 0 bridgehead atoms. The maximum atomic E-state index is 13.3. The molecule has 2 aromatic carbocycles. The van der Waals surface area contributed by atoms with E-state index in [4.69, 9.17) is 5.73 Å². The number of rotatable bonds is 10. The van der Waals surface area contributed by atoms with E-state index in [0.29, 0.717) is 36.1 Å². The van der Waals surface area contributed by atoms with E-state index < -0.39 is 17.8 Å². The van der Waals surface area contributed by atoms with E-state index in [9.17, 15) is 19.5 Å². The molecular weight excluding hydrogens is 456 g/mol. The highest BCUT2D eigenvalue weighted by Gasteiger charge is 2.44. The zero-order chi connectivity index (χ0) is 26.2. The fourth-order valence-corrected chi connectivity index (χ4v) is 4.17. The smallest absolute Gasteiger partial charge is 0.451 e. The Hall–Kier alpha value is -3.81. The van der Waals surface area contributed by atoms with E-state index in [0.717, 1.165) is 30.6 Å². The lowest BCUT2D eigenvalue weighted by molar-refractivity contribution is -0.343. The van der Waals surface area contributed by atoms with E-state index in [2.05, 4.69) is 18.8 Å². The number of hydrogen-bond acceptors (Lipinski definition) is 5. The second-order valence-electron chi connectivity index (χ2n) is 8.91. The molecule has 0 saturated carbocycles. The molecule has 0 saturated heterocycles. The minimum Gasteiger partial charge on any atom is -0.507 e. The first kappa shape index (κ1) is 26.8. The van der Waals surface area contributed by atoms with Crippen LogP contribution in [-0.4, -0.2) is 50.5 Å². The number of imide groups is 1. The van der Waals surface area contributed by atoms with Crippen molar-refractivity contribution in [1.82, 2.24) is 4.90 Å². The Morgan fingerprint density at radius 1 is 0.972 bits per heavy atom. The lowest BCUT2D eigenvalue weighted by Crippen LogP contribution is -2.57. The van der Waals surface area contributed by atoms with Crippen LogP contribution in [0.3, 0.4) is 0 Å². The molecular formula is C28H35N4O4+. The van der Waals surface area contributed by atoms with Crippen molar-refractivity contribution in [3.8, 4) is 5.75 Å². The van der Waals surface area contributed by atoms with Crippen LogP contribution < -0.4 is 5.73 Å². The van der Waals surface area contributed by atoms with E-state index in [1.807, 2.05) is 6.92 Å². The molecule has 0 atom stereocenters. The second kappa shape index (κ2) is 12.2. The number of benzene rings is 2. The molecule has 8 nitrogen and oxygen atoms in total. The number of para-hydroxylation sites is 1. The van der Waals surface area contributed by atoms with Gasteiger partial charge in [-0.3, -0.25) is 4.79 Å². The number of aryl methyl sites for hydroxylation is 2. The fraction of sp³-hybridized carbons (Fsp3) is 0.393. The molecule has 4 amide bonds. The summed E-state index contributed by atoms with van der Waals surface area (Å²) in [4.78, 5) is 44.9. The SMILES string of the molecule is CCCCc1cc(C(=O)N=C2C(=O)N(CCC)C(=O)[N+](c3ccccc3)=C2N)cc(CCCC)c1O. The first-order chi connectivity index (χ1) is 17.3. The summed E-state index contributed by atoms with van der Waals surface area (Å²) >= 11 is 0. The van der Waals surface area contributed by atoms with Gasteiger partial charge >= 0.3 is 11.9 Å². The van der Waals surface area contributed by atoms with Gasteiger partial charge in [0.2, 0.25) is 5.71 Å². The molecule has 8 heteroatoms. The minimum atomic E-state index is -0.698. The molecule has 3 rings (SSSR count). The predicted octanol–water partition coefficient (Wildman–Crippen LogP) is 4.73. The van der Waals surface area contributed by atoms with Gasteiger partial charge in [-0.05, 0) is 67.5 Å². The summed E-state index contributed by atoms with van der Waals surface area (Å²) in [5, 5.41) is 10.8. The summed E-state index contributed by atoms with van der Waals surface area (Å²) in [6.45, 7) is 6.14.